The Morgan fingerprint density at radius 1 is 1.35 bits per heavy atom. The first-order chi connectivity index (χ1) is 9.42. The second-order valence-electron chi connectivity index (χ2n) is 4.56. The second-order valence-corrected chi connectivity index (χ2v) is 6.30. The average Bonchev–Trinajstić information content (AvgIpc) is 2.78. The minimum atomic E-state index is -3.54. The molecule has 0 amide bonds. The lowest BCUT2D eigenvalue weighted by Gasteiger charge is -2.10. The molecule has 6 nitrogen and oxygen atoms in total. The van der Waals surface area contributed by atoms with Gasteiger partial charge in [-0.05, 0) is 30.7 Å². The Kier molecular flexibility index (Phi) is 4.10. The highest BCUT2D eigenvalue weighted by Crippen LogP contribution is 2.20. The molecule has 0 aliphatic rings. The van der Waals surface area contributed by atoms with Crippen molar-refractivity contribution < 1.29 is 8.42 Å². The molecule has 0 aliphatic carbocycles. The zero-order chi connectivity index (χ0) is 14.8. The largest absolute Gasteiger partial charge is 0.398 e. The first-order valence-corrected chi connectivity index (χ1v) is 7.72. The summed E-state index contributed by atoms with van der Waals surface area (Å²) in [5.41, 5.74) is 7.75. The van der Waals surface area contributed by atoms with Gasteiger partial charge in [-0.2, -0.15) is 5.10 Å². The summed E-state index contributed by atoms with van der Waals surface area (Å²) in [6.45, 7) is 2.01. The van der Waals surface area contributed by atoms with Crippen LogP contribution in [0.15, 0.2) is 35.4 Å². The van der Waals surface area contributed by atoms with Gasteiger partial charge in [0, 0.05) is 37.6 Å². The van der Waals surface area contributed by atoms with E-state index in [1.54, 1.807) is 36.0 Å². The van der Waals surface area contributed by atoms with E-state index >= 15 is 0 Å². The van der Waals surface area contributed by atoms with Crippen LogP contribution < -0.4 is 10.5 Å². The highest BCUT2D eigenvalue weighted by Gasteiger charge is 2.17. The molecule has 7 heteroatoms. The Bertz CT molecular complexity index is 707. The van der Waals surface area contributed by atoms with Crippen molar-refractivity contribution in [1.29, 1.82) is 0 Å². The molecule has 0 spiro atoms. The molecule has 0 fully saturated rings. The summed E-state index contributed by atoms with van der Waals surface area (Å²) < 4.78 is 28.8. The highest BCUT2D eigenvalue weighted by atomic mass is 32.2. The smallest absolute Gasteiger partial charge is 0.240 e. The zero-order valence-electron chi connectivity index (χ0n) is 11.5. The lowest BCUT2D eigenvalue weighted by Crippen LogP contribution is -2.27. The number of benzene rings is 1. The molecule has 2 aromatic rings. The Hall–Kier alpha value is -1.86. The van der Waals surface area contributed by atoms with Crippen LogP contribution in [0.3, 0.4) is 0 Å². The van der Waals surface area contributed by atoms with E-state index in [-0.39, 0.29) is 4.90 Å². The van der Waals surface area contributed by atoms with Crippen LogP contribution in [0.5, 0.6) is 0 Å². The molecule has 1 aromatic carbocycles. The van der Waals surface area contributed by atoms with Crippen molar-refractivity contribution in [2.75, 3.05) is 12.3 Å². The van der Waals surface area contributed by atoms with Gasteiger partial charge in [-0.25, -0.2) is 13.1 Å². The quantitative estimate of drug-likeness (QED) is 0.799. The van der Waals surface area contributed by atoms with Crippen molar-refractivity contribution in [2.45, 2.75) is 18.2 Å². The summed E-state index contributed by atoms with van der Waals surface area (Å²) in [4.78, 5) is 0.225. The van der Waals surface area contributed by atoms with E-state index < -0.39 is 10.0 Å². The van der Waals surface area contributed by atoms with Crippen LogP contribution in [0.25, 0.3) is 0 Å². The Labute approximate surface area is 118 Å². The van der Waals surface area contributed by atoms with Gasteiger partial charge in [0.15, 0.2) is 0 Å². The summed E-state index contributed by atoms with van der Waals surface area (Å²) >= 11 is 0. The summed E-state index contributed by atoms with van der Waals surface area (Å²) in [7, 11) is -1.71. The number of sulfonamides is 1. The van der Waals surface area contributed by atoms with Crippen LogP contribution in [0, 0.1) is 6.92 Å². The maximum Gasteiger partial charge on any atom is 0.240 e. The van der Waals surface area contributed by atoms with E-state index in [9.17, 15) is 8.42 Å². The first kappa shape index (κ1) is 14.5. The van der Waals surface area contributed by atoms with Crippen molar-refractivity contribution in [1.82, 2.24) is 14.5 Å². The van der Waals surface area contributed by atoms with E-state index in [0.717, 1.165) is 5.69 Å². The number of nitrogens with zero attached hydrogens (tertiary/aromatic N) is 2. The number of hydrogen-bond acceptors (Lipinski definition) is 4. The number of nitrogens with one attached hydrogen (secondary N) is 1. The fourth-order valence-electron chi connectivity index (χ4n) is 1.96. The maximum absolute atomic E-state index is 12.2. The first-order valence-electron chi connectivity index (χ1n) is 6.23. The number of aromatic nitrogens is 2. The van der Waals surface area contributed by atoms with E-state index in [1.807, 2.05) is 13.1 Å². The molecular weight excluding hydrogens is 276 g/mol. The normalized spacial score (nSPS) is 11.7. The van der Waals surface area contributed by atoms with Crippen LogP contribution >= 0.6 is 0 Å². The van der Waals surface area contributed by atoms with Gasteiger partial charge in [-0.15, -0.1) is 0 Å². The van der Waals surface area contributed by atoms with Gasteiger partial charge in [0.25, 0.3) is 0 Å². The summed E-state index contributed by atoms with van der Waals surface area (Å²) in [6, 6.07) is 6.74. The SMILES string of the molecule is Cc1c(N)cccc1S(=O)(=O)NCCc1ccnn1C. The van der Waals surface area contributed by atoms with Crippen LogP contribution in [0.4, 0.5) is 5.69 Å². The van der Waals surface area contributed by atoms with E-state index in [1.165, 1.54) is 0 Å². The Morgan fingerprint density at radius 2 is 2.10 bits per heavy atom. The molecule has 0 saturated heterocycles. The number of rotatable bonds is 5. The number of nitrogen functional groups attached to an aromatic ring is 1. The number of nitrogens with two attached hydrogens (primary N) is 1. The molecule has 0 radical (unpaired) electrons. The summed E-state index contributed by atoms with van der Waals surface area (Å²) in [6.07, 6.45) is 2.27. The fraction of sp³-hybridized carbons (Fsp3) is 0.308. The molecular formula is C13H18N4O2S. The molecule has 0 saturated carbocycles. The minimum absolute atomic E-state index is 0.225. The van der Waals surface area contributed by atoms with Crippen molar-refractivity contribution in [3.05, 3.63) is 41.7 Å². The topological polar surface area (TPSA) is 90.0 Å². The molecule has 20 heavy (non-hydrogen) atoms. The molecule has 1 heterocycles. The van der Waals surface area contributed by atoms with E-state index in [2.05, 4.69) is 9.82 Å². The van der Waals surface area contributed by atoms with Gasteiger partial charge >= 0.3 is 0 Å². The van der Waals surface area contributed by atoms with Gasteiger partial charge in [0.05, 0.1) is 4.90 Å². The maximum atomic E-state index is 12.2. The number of anilines is 1. The van der Waals surface area contributed by atoms with Crippen molar-refractivity contribution in [3.8, 4) is 0 Å². The Balaban J connectivity index is 2.08. The fourth-order valence-corrected chi connectivity index (χ4v) is 3.27. The van der Waals surface area contributed by atoms with Crippen LogP contribution in [0.2, 0.25) is 0 Å². The highest BCUT2D eigenvalue weighted by molar-refractivity contribution is 7.89. The molecule has 2 rings (SSSR count). The molecule has 3 N–H and O–H groups in total. The third kappa shape index (κ3) is 3.00. The third-order valence-corrected chi connectivity index (χ3v) is 4.82. The minimum Gasteiger partial charge on any atom is -0.398 e. The monoisotopic (exact) mass is 294 g/mol. The molecule has 0 unspecified atom stereocenters. The molecule has 0 bridgehead atoms. The molecule has 0 aliphatic heterocycles. The van der Waals surface area contributed by atoms with Gasteiger partial charge in [0.2, 0.25) is 10.0 Å². The zero-order valence-corrected chi connectivity index (χ0v) is 12.3. The lowest BCUT2D eigenvalue weighted by molar-refractivity contribution is 0.579. The van der Waals surface area contributed by atoms with Gasteiger partial charge in [-0.1, -0.05) is 6.07 Å². The van der Waals surface area contributed by atoms with Gasteiger partial charge in [0.1, 0.15) is 0 Å². The van der Waals surface area contributed by atoms with E-state index in [4.69, 9.17) is 5.73 Å². The van der Waals surface area contributed by atoms with Crippen LogP contribution in [-0.4, -0.2) is 24.7 Å². The van der Waals surface area contributed by atoms with Crippen LogP contribution in [-0.2, 0) is 23.5 Å². The molecule has 0 atom stereocenters. The Morgan fingerprint density at radius 3 is 2.75 bits per heavy atom. The molecule has 108 valence electrons. The standard InChI is InChI=1S/C13H18N4O2S/c1-10-12(14)4-3-5-13(10)20(18,19)16-9-7-11-6-8-15-17(11)2/h3-6,8,16H,7,9,14H2,1-2H3. The lowest BCUT2D eigenvalue weighted by atomic mass is 10.2. The van der Waals surface area contributed by atoms with Crippen molar-refractivity contribution in [3.63, 3.8) is 0 Å². The average molecular weight is 294 g/mol. The van der Waals surface area contributed by atoms with Crippen molar-refractivity contribution >= 4 is 15.7 Å². The van der Waals surface area contributed by atoms with Crippen LogP contribution in [0.1, 0.15) is 11.3 Å². The number of hydrogen-bond donors (Lipinski definition) is 2. The second kappa shape index (κ2) is 5.64. The predicted molar refractivity (Wildman–Crippen MR) is 77.7 cm³/mol. The van der Waals surface area contributed by atoms with Gasteiger partial charge in [-0.3, -0.25) is 4.68 Å². The third-order valence-electron chi connectivity index (χ3n) is 3.21. The molecule has 1 aromatic heterocycles. The predicted octanol–water partition coefficient (Wildman–Crippen LogP) is 0.832. The van der Waals surface area contributed by atoms with Crippen molar-refractivity contribution in [2.24, 2.45) is 7.05 Å². The summed E-state index contributed by atoms with van der Waals surface area (Å²) in [5.74, 6) is 0. The van der Waals surface area contributed by atoms with E-state index in [0.29, 0.717) is 24.2 Å². The number of aryl methyl sites for hydroxylation is 1. The van der Waals surface area contributed by atoms with Gasteiger partial charge < -0.3 is 5.73 Å². The summed E-state index contributed by atoms with van der Waals surface area (Å²) in [5, 5.41) is 4.04.